The van der Waals surface area contributed by atoms with Gasteiger partial charge >= 0.3 is 0 Å². The summed E-state index contributed by atoms with van der Waals surface area (Å²) in [7, 11) is 0. The number of nitrogens with one attached hydrogen (secondary N) is 1. The minimum atomic E-state index is -0.447. The van der Waals surface area contributed by atoms with Crippen LogP contribution in [0.2, 0.25) is 0 Å². The second-order valence-corrected chi connectivity index (χ2v) is 7.24. The van der Waals surface area contributed by atoms with Crippen LogP contribution in [0.15, 0.2) is 66.7 Å². The molecule has 0 atom stereocenters. The van der Waals surface area contributed by atoms with Gasteiger partial charge in [0.2, 0.25) is 0 Å². The predicted octanol–water partition coefficient (Wildman–Crippen LogP) is 4.12. The van der Waals surface area contributed by atoms with Crippen LogP contribution in [0.4, 0.5) is 5.69 Å². The molecule has 0 saturated carbocycles. The Hall–Kier alpha value is -3.93. The molecule has 31 heavy (non-hydrogen) atoms. The summed E-state index contributed by atoms with van der Waals surface area (Å²) < 4.78 is 5.41. The van der Waals surface area contributed by atoms with Crippen molar-refractivity contribution < 1.29 is 19.1 Å². The summed E-state index contributed by atoms with van der Waals surface area (Å²) in [6, 6.07) is 19.2. The molecule has 1 N–H and O–H groups in total. The van der Waals surface area contributed by atoms with Gasteiger partial charge in [-0.3, -0.25) is 14.4 Å². The van der Waals surface area contributed by atoms with Gasteiger partial charge < -0.3 is 10.1 Å². The maximum Gasteiger partial charge on any atom is 0.266 e. The maximum atomic E-state index is 13.0. The quantitative estimate of drug-likeness (QED) is 0.616. The summed E-state index contributed by atoms with van der Waals surface area (Å²) >= 11 is 0. The molecule has 1 aliphatic rings. The highest BCUT2D eigenvalue weighted by atomic mass is 16.5. The van der Waals surface area contributed by atoms with Crippen LogP contribution in [0.3, 0.4) is 0 Å². The Morgan fingerprint density at radius 2 is 1.65 bits per heavy atom. The number of amides is 3. The number of carbonyl (C=O) groups excluding carboxylic acids is 3. The van der Waals surface area contributed by atoms with E-state index in [1.807, 2.05) is 38.1 Å². The van der Waals surface area contributed by atoms with Crippen molar-refractivity contribution in [1.82, 2.24) is 5.32 Å². The number of hydrogen-bond acceptors (Lipinski definition) is 4. The number of carbonyl (C=O) groups is 3. The number of rotatable bonds is 6. The fourth-order valence-electron chi connectivity index (χ4n) is 3.56. The molecule has 1 heterocycles. The molecular weight excluding hydrogens is 392 g/mol. The van der Waals surface area contributed by atoms with Crippen molar-refractivity contribution in [2.45, 2.75) is 20.4 Å². The highest BCUT2D eigenvalue weighted by Gasteiger charge is 2.37. The van der Waals surface area contributed by atoms with E-state index in [9.17, 15) is 14.4 Å². The molecule has 0 saturated heterocycles. The second-order valence-electron chi connectivity index (χ2n) is 7.24. The third kappa shape index (κ3) is 3.92. The van der Waals surface area contributed by atoms with Gasteiger partial charge in [-0.15, -0.1) is 0 Å². The molecule has 0 aromatic heterocycles. The summed E-state index contributed by atoms with van der Waals surface area (Å²) in [6.07, 6.45) is 0. The van der Waals surface area contributed by atoms with Gasteiger partial charge in [-0.05, 0) is 67.4 Å². The van der Waals surface area contributed by atoms with Gasteiger partial charge in [-0.2, -0.15) is 0 Å². The Bertz CT molecular complexity index is 1170. The molecule has 0 spiro atoms. The van der Waals surface area contributed by atoms with E-state index in [-0.39, 0.29) is 17.0 Å². The third-order valence-corrected chi connectivity index (χ3v) is 5.26. The Balaban J connectivity index is 1.53. The SMILES string of the molecule is CCOc1ccc(N2C(=O)c3ccc(C(=O)NCc4ccccc4C)cc3C2=O)cc1. The van der Waals surface area contributed by atoms with Crippen molar-refractivity contribution in [2.75, 3.05) is 11.5 Å². The lowest BCUT2D eigenvalue weighted by atomic mass is 10.0. The first-order chi connectivity index (χ1) is 15.0. The van der Waals surface area contributed by atoms with Crippen molar-refractivity contribution in [3.63, 3.8) is 0 Å². The molecule has 6 heteroatoms. The van der Waals surface area contributed by atoms with Crippen molar-refractivity contribution in [2.24, 2.45) is 0 Å². The second kappa shape index (κ2) is 8.44. The van der Waals surface area contributed by atoms with E-state index in [0.29, 0.717) is 30.2 Å². The number of imide groups is 1. The Morgan fingerprint density at radius 1 is 0.935 bits per heavy atom. The monoisotopic (exact) mass is 414 g/mol. The fraction of sp³-hybridized carbons (Fsp3) is 0.160. The highest BCUT2D eigenvalue weighted by molar-refractivity contribution is 6.34. The Kier molecular flexibility index (Phi) is 5.54. The van der Waals surface area contributed by atoms with Gasteiger partial charge in [-0.25, -0.2) is 4.90 Å². The minimum absolute atomic E-state index is 0.224. The van der Waals surface area contributed by atoms with Crippen LogP contribution in [0.5, 0.6) is 5.75 Å². The highest BCUT2D eigenvalue weighted by Crippen LogP contribution is 2.30. The van der Waals surface area contributed by atoms with Crippen LogP contribution >= 0.6 is 0 Å². The molecule has 6 nitrogen and oxygen atoms in total. The first kappa shape index (κ1) is 20.3. The molecule has 0 radical (unpaired) electrons. The number of nitrogens with zero attached hydrogens (tertiary/aromatic N) is 1. The molecule has 4 rings (SSSR count). The van der Waals surface area contributed by atoms with Gasteiger partial charge in [0, 0.05) is 12.1 Å². The molecule has 1 aliphatic heterocycles. The zero-order valence-electron chi connectivity index (χ0n) is 17.3. The van der Waals surface area contributed by atoms with Crippen molar-refractivity contribution in [3.05, 3.63) is 94.5 Å². The van der Waals surface area contributed by atoms with E-state index in [4.69, 9.17) is 4.74 Å². The van der Waals surface area contributed by atoms with Crippen LogP contribution in [-0.2, 0) is 6.54 Å². The average molecular weight is 414 g/mol. The first-order valence-electron chi connectivity index (χ1n) is 10.1. The molecule has 0 bridgehead atoms. The van der Waals surface area contributed by atoms with E-state index >= 15 is 0 Å². The third-order valence-electron chi connectivity index (χ3n) is 5.26. The summed E-state index contributed by atoms with van der Waals surface area (Å²) in [4.78, 5) is 39.5. The topological polar surface area (TPSA) is 75.7 Å². The lowest BCUT2D eigenvalue weighted by Crippen LogP contribution is -2.29. The van der Waals surface area contributed by atoms with Crippen LogP contribution in [0, 0.1) is 6.92 Å². The molecule has 3 aromatic carbocycles. The van der Waals surface area contributed by atoms with E-state index in [0.717, 1.165) is 16.0 Å². The van der Waals surface area contributed by atoms with Crippen LogP contribution in [0.1, 0.15) is 49.1 Å². The van der Waals surface area contributed by atoms with Gasteiger partial charge in [-0.1, -0.05) is 24.3 Å². The Labute approximate surface area is 180 Å². The van der Waals surface area contributed by atoms with E-state index in [1.54, 1.807) is 30.3 Å². The van der Waals surface area contributed by atoms with Crippen LogP contribution < -0.4 is 15.0 Å². The Morgan fingerprint density at radius 3 is 2.35 bits per heavy atom. The van der Waals surface area contributed by atoms with Crippen molar-refractivity contribution in [1.29, 1.82) is 0 Å². The van der Waals surface area contributed by atoms with Crippen LogP contribution in [-0.4, -0.2) is 24.3 Å². The van der Waals surface area contributed by atoms with Gasteiger partial charge in [0.15, 0.2) is 0 Å². The smallest absolute Gasteiger partial charge is 0.266 e. The number of hydrogen-bond donors (Lipinski definition) is 1. The standard InChI is InChI=1S/C25H22N2O4/c1-3-31-20-11-9-19(10-12-20)27-24(29)21-13-8-17(14-22(21)25(27)30)23(28)26-15-18-7-5-4-6-16(18)2/h4-14H,3,15H2,1-2H3,(H,26,28). The van der Waals surface area contributed by atoms with Crippen molar-refractivity contribution >= 4 is 23.4 Å². The van der Waals surface area contributed by atoms with Gasteiger partial charge in [0.05, 0.1) is 23.4 Å². The fourth-order valence-corrected chi connectivity index (χ4v) is 3.56. The van der Waals surface area contributed by atoms with E-state index in [1.165, 1.54) is 12.1 Å². The zero-order chi connectivity index (χ0) is 22.0. The molecule has 3 aromatic rings. The number of anilines is 1. The van der Waals surface area contributed by atoms with Gasteiger partial charge in [0.25, 0.3) is 17.7 Å². The van der Waals surface area contributed by atoms with Crippen molar-refractivity contribution in [3.8, 4) is 5.75 Å². The molecular formula is C25H22N2O4. The summed E-state index contributed by atoms with van der Waals surface area (Å²) in [6.45, 7) is 4.78. The molecule has 0 fully saturated rings. The lowest BCUT2D eigenvalue weighted by Gasteiger charge is -2.14. The predicted molar refractivity (Wildman–Crippen MR) is 118 cm³/mol. The molecule has 0 unspecified atom stereocenters. The number of benzene rings is 3. The summed E-state index contributed by atoms with van der Waals surface area (Å²) in [5.41, 5.74) is 3.41. The number of ether oxygens (including phenoxy) is 1. The summed E-state index contributed by atoms with van der Waals surface area (Å²) in [5.74, 6) is -0.491. The van der Waals surface area contributed by atoms with E-state index in [2.05, 4.69) is 5.32 Å². The minimum Gasteiger partial charge on any atom is -0.494 e. The maximum absolute atomic E-state index is 13.0. The molecule has 3 amide bonds. The normalized spacial score (nSPS) is 12.6. The molecule has 0 aliphatic carbocycles. The largest absolute Gasteiger partial charge is 0.494 e. The number of fused-ring (bicyclic) bond motifs is 1. The zero-order valence-corrected chi connectivity index (χ0v) is 17.3. The lowest BCUT2D eigenvalue weighted by molar-refractivity contribution is 0.0923. The first-order valence-corrected chi connectivity index (χ1v) is 10.1. The average Bonchev–Trinajstić information content (AvgIpc) is 3.03. The number of aryl methyl sites for hydroxylation is 1. The van der Waals surface area contributed by atoms with Crippen LogP contribution in [0.25, 0.3) is 0 Å². The summed E-state index contributed by atoms with van der Waals surface area (Å²) in [5, 5.41) is 2.87. The van der Waals surface area contributed by atoms with E-state index < -0.39 is 11.8 Å². The van der Waals surface area contributed by atoms with Gasteiger partial charge in [0.1, 0.15) is 5.75 Å². The molecule has 156 valence electrons.